The molecule has 0 aliphatic rings. The minimum absolute atomic E-state index is 0.0951. The van der Waals surface area contributed by atoms with Crippen LogP contribution >= 0.6 is 12.2 Å². The van der Waals surface area contributed by atoms with Crippen molar-refractivity contribution in [3.63, 3.8) is 0 Å². The van der Waals surface area contributed by atoms with Gasteiger partial charge in [0.2, 0.25) is 0 Å². The molecule has 0 unspecified atom stereocenters. The lowest BCUT2D eigenvalue weighted by molar-refractivity contribution is 0.632. The highest BCUT2D eigenvalue weighted by atomic mass is 32.1. The van der Waals surface area contributed by atoms with Crippen LogP contribution in [0.1, 0.15) is 17.0 Å². The SMILES string of the molecule is Fc1ccccc1NC(=S)NC[C@@H](c1ccccc1)c1c[nH]c2ccccc12. The van der Waals surface area contributed by atoms with Gasteiger partial charge in [-0.15, -0.1) is 0 Å². The Morgan fingerprint density at radius 1 is 0.929 bits per heavy atom. The van der Waals surface area contributed by atoms with E-state index in [0.29, 0.717) is 17.3 Å². The van der Waals surface area contributed by atoms with Crippen molar-refractivity contribution >= 4 is 33.9 Å². The Morgan fingerprint density at radius 2 is 1.64 bits per heavy atom. The molecule has 4 aromatic rings. The summed E-state index contributed by atoms with van der Waals surface area (Å²) in [5.41, 5.74) is 3.85. The van der Waals surface area contributed by atoms with E-state index >= 15 is 0 Å². The van der Waals surface area contributed by atoms with Crippen LogP contribution in [0.2, 0.25) is 0 Å². The van der Waals surface area contributed by atoms with Crippen LogP contribution in [0.4, 0.5) is 10.1 Å². The fourth-order valence-electron chi connectivity index (χ4n) is 3.40. The predicted molar refractivity (Wildman–Crippen MR) is 117 cm³/mol. The van der Waals surface area contributed by atoms with Gasteiger partial charge in [0.1, 0.15) is 5.82 Å². The van der Waals surface area contributed by atoms with Crippen molar-refractivity contribution < 1.29 is 4.39 Å². The second kappa shape index (κ2) is 8.23. The zero-order valence-corrected chi connectivity index (χ0v) is 16.0. The average Bonchev–Trinajstić information content (AvgIpc) is 3.15. The minimum Gasteiger partial charge on any atom is -0.361 e. The molecule has 28 heavy (non-hydrogen) atoms. The number of hydrogen-bond donors (Lipinski definition) is 3. The Bertz CT molecular complexity index is 1090. The third-order valence-electron chi connectivity index (χ3n) is 4.79. The van der Waals surface area contributed by atoms with Crippen molar-refractivity contribution in [2.24, 2.45) is 0 Å². The van der Waals surface area contributed by atoms with E-state index in [-0.39, 0.29) is 11.7 Å². The van der Waals surface area contributed by atoms with Crippen LogP contribution in [0, 0.1) is 5.82 Å². The number of anilines is 1. The van der Waals surface area contributed by atoms with Gasteiger partial charge < -0.3 is 15.6 Å². The smallest absolute Gasteiger partial charge is 0.170 e. The number of thiocarbonyl (C=S) groups is 1. The van der Waals surface area contributed by atoms with Crippen LogP contribution in [0.3, 0.4) is 0 Å². The first kappa shape index (κ1) is 18.2. The number of aromatic amines is 1. The Hall–Kier alpha value is -3.18. The monoisotopic (exact) mass is 389 g/mol. The van der Waals surface area contributed by atoms with Gasteiger partial charge in [-0.3, -0.25) is 0 Å². The van der Waals surface area contributed by atoms with Crippen molar-refractivity contribution in [3.05, 3.63) is 102 Å². The largest absolute Gasteiger partial charge is 0.361 e. The van der Waals surface area contributed by atoms with Crippen molar-refractivity contribution in [2.45, 2.75) is 5.92 Å². The molecule has 0 bridgehead atoms. The molecule has 4 rings (SSSR count). The molecule has 140 valence electrons. The van der Waals surface area contributed by atoms with Crippen LogP contribution in [0.25, 0.3) is 10.9 Å². The normalized spacial score (nSPS) is 11.9. The van der Waals surface area contributed by atoms with Gasteiger partial charge in [-0.25, -0.2) is 4.39 Å². The molecule has 1 aromatic heterocycles. The van der Waals surface area contributed by atoms with Crippen molar-refractivity contribution in [1.82, 2.24) is 10.3 Å². The van der Waals surface area contributed by atoms with E-state index in [0.717, 1.165) is 5.52 Å². The lowest BCUT2D eigenvalue weighted by Gasteiger charge is -2.20. The van der Waals surface area contributed by atoms with Crippen molar-refractivity contribution in [2.75, 3.05) is 11.9 Å². The Balaban J connectivity index is 1.57. The van der Waals surface area contributed by atoms with E-state index in [1.807, 2.05) is 30.3 Å². The lowest BCUT2D eigenvalue weighted by atomic mass is 9.91. The summed E-state index contributed by atoms with van der Waals surface area (Å²) in [6, 6.07) is 25.0. The zero-order valence-electron chi connectivity index (χ0n) is 15.2. The molecular formula is C23H20FN3S. The Kier molecular flexibility index (Phi) is 5.35. The van der Waals surface area contributed by atoms with E-state index in [1.54, 1.807) is 18.2 Å². The maximum Gasteiger partial charge on any atom is 0.170 e. The molecule has 0 fully saturated rings. The quantitative estimate of drug-likeness (QED) is 0.399. The molecule has 1 atom stereocenters. The Labute approximate surface area is 168 Å². The number of nitrogens with one attached hydrogen (secondary N) is 3. The number of H-pyrrole nitrogens is 1. The van der Waals surface area contributed by atoms with Gasteiger partial charge in [0.05, 0.1) is 5.69 Å². The molecule has 1 heterocycles. The second-order valence-corrected chi connectivity index (χ2v) is 6.98. The summed E-state index contributed by atoms with van der Waals surface area (Å²) in [5.74, 6) is -0.236. The number of benzene rings is 3. The molecule has 0 amide bonds. The van der Waals surface area contributed by atoms with Gasteiger partial charge in [-0.1, -0.05) is 60.7 Å². The van der Waals surface area contributed by atoms with Crippen molar-refractivity contribution in [1.29, 1.82) is 0 Å². The van der Waals surface area contributed by atoms with Gasteiger partial charge in [0.15, 0.2) is 5.11 Å². The highest BCUT2D eigenvalue weighted by molar-refractivity contribution is 7.80. The molecule has 5 heteroatoms. The van der Waals surface area contributed by atoms with Crippen LogP contribution in [0.5, 0.6) is 0 Å². The van der Waals surface area contributed by atoms with Gasteiger partial charge in [0, 0.05) is 29.6 Å². The van der Waals surface area contributed by atoms with E-state index in [1.165, 1.54) is 22.6 Å². The molecule has 3 N–H and O–H groups in total. The fraction of sp³-hybridized carbons (Fsp3) is 0.0870. The summed E-state index contributed by atoms with van der Waals surface area (Å²) in [4.78, 5) is 3.35. The Morgan fingerprint density at radius 3 is 2.46 bits per heavy atom. The summed E-state index contributed by atoms with van der Waals surface area (Å²) >= 11 is 5.39. The number of aromatic nitrogens is 1. The molecule has 0 saturated carbocycles. The first-order valence-electron chi connectivity index (χ1n) is 9.12. The highest BCUT2D eigenvalue weighted by Gasteiger charge is 2.18. The van der Waals surface area contributed by atoms with Crippen LogP contribution in [0.15, 0.2) is 85.1 Å². The van der Waals surface area contributed by atoms with Crippen molar-refractivity contribution in [3.8, 4) is 0 Å². The minimum atomic E-state index is -0.331. The third-order valence-corrected chi connectivity index (χ3v) is 5.03. The van der Waals surface area contributed by atoms with Crippen LogP contribution in [-0.4, -0.2) is 16.6 Å². The maximum atomic E-state index is 13.9. The molecule has 3 nitrogen and oxygen atoms in total. The van der Waals surface area contributed by atoms with Gasteiger partial charge in [-0.05, 0) is 41.5 Å². The second-order valence-electron chi connectivity index (χ2n) is 6.57. The summed E-state index contributed by atoms with van der Waals surface area (Å²) in [5, 5.41) is 7.77. The standard InChI is InChI=1S/C23H20FN3S/c24-20-11-5-7-13-22(20)27-23(28)26-14-18(16-8-2-1-3-9-16)19-15-25-21-12-6-4-10-17(19)21/h1-13,15,18,25H,14H2,(H2,26,27,28)/t18-/m0/s1. The van der Waals surface area contributed by atoms with Crippen LogP contribution in [-0.2, 0) is 0 Å². The summed E-state index contributed by atoms with van der Waals surface area (Å²) in [6.45, 7) is 0.589. The van der Waals surface area contributed by atoms with E-state index < -0.39 is 0 Å². The zero-order chi connectivity index (χ0) is 19.3. The molecule has 0 aliphatic carbocycles. The number of rotatable bonds is 5. The molecule has 0 radical (unpaired) electrons. The summed E-state index contributed by atoms with van der Waals surface area (Å²) < 4.78 is 13.9. The van der Waals surface area contributed by atoms with Gasteiger partial charge in [0.25, 0.3) is 0 Å². The van der Waals surface area contributed by atoms with E-state index in [9.17, 15) is 4.39 Å². The third kappa shape index (κ3) is 3.89. The van der Waals surface area contributed by atoms with Gasteiger partial charge in [-0.2, -0.15) is 0 Å². The van der Waals surface area contributed by atoms with E-state index in [2.05, 4.69) is 46.1 Å². The average molecular weight is 389 g/mol. The first-order valence-corrected chi connectivity index (χ1v) is 9.53. The topological polar surface area (TPSA) is 39.8 Å². The highest BCUT2D eigenvalue weighted by Crippen LogP contribution is 2.30. The maximum absolute atomic E-state index is 13.9. The van der Waals surface area contributed by atoms with Crippen LogP contribution < -0.4 is 10.6 Å². The number of hydrogen-bond acceptors (Lipinski definition) is 1. The van der Waals surface area contributed by atoms with E-state index in [4.69, 9.17) is 12.2 Å². The first-order chi connectivity index (χ1) is 13.7. The summed E-state index contributed by atoms with van der Waals surface area (Å²) in [6.07, 6.45) is 2.05. The number of fused-ring (bicyclic) bond motifs is 1. The van der Waals surface area contributed by atoms with Gasteiger partial charge >= 0.3 is 0 Å². The molecule has 0 saturated heterocycles. The fourth-order valence-corrected chi connectivity index (χ4v) is 3.59. The number of para-hydroxylation sites is 2. The predicted octanol–water partition coefficient (Wildman–Crippen LogP) is 5.43. The molecule has 3 aromatic carbocycles. The molecule has 0 aliphatic heterocycles. The number of halogens is 1. The summed E-state index contributed by atoms with van der Waals surface area (Å²) in [7, 11) is 0. The molecular weight excluding hydrogens is 369 g/mol. The lowest BCUT2D eigenvalue weighted by Crippen LogP contribution is -2.32. The molecule has 0 spiro atoms.